The SMILES string of the molecule is CC(C)(Oc1ccccc1C=O)c1ccccn1. The number of hydrogen-bond acceptors (Lipinski definition) is 3. The summed E-state index contributed by atoms with van der Waals surface area (Å²) in [5.41, 5.74) is 0.785. The van der Waals surface area contributed by atoms with Gasteiger partial charge in [-0.2, -0.15) is 0 Å². The topological polar surface area (TPSA) is 39.2 Å². The van der Waals surface area contributed by atoms with Crippen molar-refractivity contribution in [1.29, 1.82) is 0 Å². The average molecular weight is 241 g/mol. The number of rotatable bonds is 4. The number of benzene rings is 1. The van der Waals surface area contributed by atoms with Crippen molar-refractivity contribution in [3.8, 4) is 5.75 Å². The molecule has 0 bridgehead atoms. The third-order valence-electron chi connectivity index (χ3n) is 2.69. The van der Waals surface area contributed by atoms with Crippen molar-refractivity contribution >= 4 is 6.29 Å². The molecule has 0 aliphatic heterocycles. The van der Waals surface area contributed by atoms with Crippen LogP contribution in [0.1, 0.15) is 29.9 Å². The molecule has 2 aromatic rings. The molecule has 92 valence electrons. The minimum absolute atomic E-state index is 0.543. The predicted octanol–water partition coefficient (Wildman–Crippen LogP) is 3.21. The summed E-state index contributed by atoms with van der Waals surface area (Å²) in [7, 11) is 0. The van der Waals surface area contributed by atoms with Crippen LogP contribution in [0.25, 0.3) is 0 Å². The summed E-state index contributed by atoms with van der Waals surface area (Å²) < 4.78 is 5.92. The Labute approximate surface area is 106 Å². The molecule has 0 amide bonds. The zero-order valence-electron chi connectivity index (χ0n) is 10.5. The predicted molar refractivity (Wildman–Crippen MR) is 69.7 cm³/mol. The van der Waals surface area contributed by atoms with Crippen molar-refractivity contribution in [2.45, 2.75) is 19.4 Å². The van der Waals surface area contributed by atoms with Gasteiger partial charge in [0.15, 0.2) is 6.29 Å². The van der Waals surface area contributed by atoms with E-state index in [-0.39, 0.29) is 0 Å². The normalized spacial score (nSPS) is 11.0. The summed E-state index contributed by atoms with van der Waals surface area (Å²) in [6.45, 7) is 3.85. The van der Waals surface area contributed by atoms with E-state index in [2.05, 4.69) is 4.98 Å². The Morgan fingerprint density at radius 1 is 1.11 bits per heavy atom. The molecule has 1 heterocycles. The van der Waals surface area contributed by atoms with Crippen molar-refractivity contribution in [2.24, 2.45) is 0 Å². The van der Waals surface area contributed by atoms with Crippen LogP contribution in [0, 0.1) is 0 Å². The lowest BCUT2D eigenvalue weighted by Crippen LogP contribution is -2.26. The van der Waals surface area contributed by atoms with Crippen LogP contribution >= 0.6 is 0 Å². The summed E-state index contributed by atoms with van der Waals surface area (Å²) in [5.74, 6) is 0.572. The van der Waals surface area contributed by atoms with Crippen molar-refractivity contribution < 1.29 is 9.53 Å². The van der Waals surface area contributed by atoms with Gasteiger partial charge in [0.25, 0.3) is 0 Å². The zero-order chi connectivity index (χ0) is 13.0. The molecule has 18 heavy (non-hydrogen) atoms. The fourth-order valence-corrected chi connectivity index (χ4v) is 1.72. The molecule has 0 N–H and O–H groups in total. The summed E-state index contributed by atoms with van der Waals surface area (Å²) in [4.78, 5) is 15.2. The van der Waals surface area contributed by atoms with Crippen LogP contribution in [0.4, 0.5) is 0 Å². The second-order valence-electron chi connectivity index (χ2n) is 4.48. The monoisotopic (exact) mass is 241 g/mol. The fraction of sp³-hybridized carbons (Fsp3) is 0.200. The first-order valence-electron chi connectivity index (χ1n) is 5.78. The summed E-state index contributed by atoms with van der Waals surface area (Å²) in [6, 6.07) is 12.9. The number of nitrogens with zero attached hydrogens (tertiary/aromatic N) is 1. The second kappa shape index (κ2) is 5.00. The summed E-state index contributed by atoms with van der Waals surface area (Å²) >= 11 is 0. The van der Waals surface area contributed by atoms with Gasteiger partial charge in [0.1, 0.15) is 11.4 Å². The number of carbonyl (C=O) groups is 1. The molecule has 1 aromatic carbocycles. The first-order valence-corrected chi connectivity index (χ1v) is 5.78. The van der Waals surface area contributed by atoms with Crippen LogP contribution in [-0.4, -0.2) is 11.3 Å². The molecule has 2 rings (SSSR count). The Morgan fingerprint density at radius 3 is 2.50 bits per heavy atom. The van der Waals surface area contributed by atoms with E-state index < -0.39 is 5.60 Å². The van der Waals surface area contributed by atoms with Crippen LogP contribution in [0.3, 0.4) is 0 Å². The van der Waals surface area contributed by atoms with Crippen LogP contribution in [0.5, 0.6) is 5.75 Å². The Hall–Kier alpha value is -2.16. The van der Waals surface area contributed by atoms with E-state index in [0.29, 0.717) is 11.3 Å². The number of hydrogen-bond donors (Lipinski definition) is 0. The highest BCUT2D eigenvalue weighted by Gasteiger charge is 2.24. The van der Waals surface area contributed by atoms with E-state index in [9.17, 15) is 4.79 Å². The van der Waals surface area contributed by atoms with Gasteiger partial charge < -0.3 is 4.74 Å². The second-order valence-corrected chi connectivity index (χ2v) is 4.48. The van der Waals surface area contributed by atoms with Gasteiger partial charge in [0.2, 0.25) is 0 Å². The third-order valence-corrected chi connectivity index (χ3v) is 2.69. The highest BCUT2D eigenvalue weighted by molar-refractivity contribution is 5.79. The first-order chi connectivity index (χ1) is 8.63. The number of carbonyl (C=O) groups excluding carboxylic acids is 1. The van der Waals surface area contributed by atoms with E-state index in [1.807, 2.05) is 44.2 Å². The van der Waals surface area contributed by atoms with E-state index in [1.165, 1.54) is 0 Å². The molecule has 0 saturated carbocycles. The maximum atomic E-state index is 11.0. The number of para-hydroxylation sites is 1. The van der Waals surface area contributed by atoms with Crippen LogP contribution < -0.4 is 4.74 Å². The molecule has 1 aromatic heterocycles. The Balaban J connectivity index is 2.30. The molecule has 3 nitrogen and oxygen atoms in total. The highest BCUT2D eigenvalue weighted by Crippen LogP contribution is 2.27. The van der Waals surface area contributed by atoms with Crippen molar-refractivity contribution in [3.63, 3.8) is 0 Å². The van der Waals surface area contributed by atoms with E-state index in [0.717, 1.165) is 12.0 Å². The molecule has 0 spiro atoms. The molecule has 3 heteroatoms. The van der Waals surface area contributed by atoms with Crippen molar-refractivity contribution in [1.82, 2.24) is 4.98 Å². The quantitative estimate of drug-likeness (QED) is 0.771. The van der Waals surface area contributed by atoms with Gasteiger partial charge in [0.05, 0.1) is 11.3 Å². The van der Waals surface area contributed by atoms with Crippen molar-refractivity contribution in [3.05, 3.63) is 59.9 Å². The summed E-state index contributed by atoms with van der Waals surface area (Å²) in [5, 5.41) is 0. The lowest BCUT2D eigenvalue weighted by Gasteiger charge is -2.26. The molecular weight excluding hydrogens is 226 g/mol. The van der Waals surface area contributed by atoms with Crippen LogP contribution in [0.2, 0.25) is 0 Å². The minimum Gasteiger partial charge on any atom is -0.481 e. The number of ether oxygens (including phenoxy) is 1. The minimum atomic E-state index is -0.583. The molecule has 0 fully saturated rings. The van der Waals surface area contributed by atoms with Crippen LogP contribution in [-0.2, 0) is 5.60 Å². The van der Waals surface area contributed by atoms with Gasteiger partial charge in [-0.05, 0) is 38.1 Å². The van der Waals surface area contributed by atoms with E-state index >= 15 is 0 Å². The van der Waals surface area contributed by atoms with E-state index in [4.69, 9.17) is 4.74 Å². The molecule has 0 aliphatic rings. The Bertz CT molecular complexity index is 535. The largest absolute Gasteiger partial charge is 0.481 e. The first kappa shape index (κ1) is 12.3. The number of aldehydes is 1. The maximum absolute atomic E-state index is 11.0. The third kappa shape index (κ3) is 2.56. The molecule has 0 unspecified atom stereocenters. The molecule has 0 atom stereocenters. The van der Waals surface area contributed by atoms with Gasteiger partial charge >= 0.3 is 0 Å². The summed E-state index contributed by atoms with van der Waals surface area (Å²) in [6.07, 6.45) is 2.52. The molecule has 0 saturated heterocycles. The molecular formula is C15H15NO2. The lowest BCUT2D eigenvalue weighted by atomic mass is 10.0. The Morgan fingerprint density at radius 2 is 1.83 bits per heavy atom. The van der Waals surface area contributed by atoms with E-state index in [1.54, 1.807) is 18.3 Å². The van der Waals surface area contributed by atoms with Crippen molar-refractivity contribution in [2.75, 3.05) is 0 Å². The highest BCUT2D eigenvalue weighted by atomic mass is 16.5. The fourth-order valence-electron chi connectivity index (χ4n) is 1.72. The van der Waals surface area contributed by atoms with Gasteiger partial charge in [-0.15, -0.1) is 0 Å². The average Bonchev–Trinajstić information content (AvgIpc) is 2.40. The zero-order valence-corrected chi connectivity index (χ0v) is 10.5. The van der Waals surface area contributed by atoms with Gasteiger partial charge in [0, 0.05) is 6.20 Å². The van der Waals surface area contributed by atoms with Crippen LogP contribution in [0.15, 0.2) is 48.7 Å². The van der Waals surface area contributed by atoms with Gasteiger partial charge in [-0.25, -0.2) is 0 Å². The lowest BCUT2D eigenvalue weighted by molar-refractivity contribution is 0.0989. The standard InChI is InChI=1S/C15H15NO2/c1-15(2,14-9-5-6-10-16-14)18-13-8-4-3-7-12(13)11-17/h3-11H,1-2H3. The number of aromatic nitrogens is 1. The number of pyridine rings is 1. The maximum Gasteiger partial charge on any atom is 0.153 e. The van der Waals surface area contributed by atoms with Gasteiger partial charge in [-0.3, -0.25) is 9.78 Å². The molecule has 0 aliphatic carbocycles. The smallest absolute Gasteiger partial charge is 0.153 e. The molecule has 0 radical (unpaired) electrons. The Kier molecular flexibility index (Phi) is 3.42. The van der Waals surface area contributed by atoms with Gasteiger partial charge in [-0.1, -0.05) is 18.2 Å².